The molecule has 104 valence electrons. The van der Waals surface area contributed by atoms with Gasteiger partial charge in [0.1, 0.15) is 11.4 Å². The van der Waals surface area contributed by atoms with E-state index in [1.165, 1.54) is 13.2 Å². The third-order valence-electron chi connectivity index (χ3n) is 3.60. The Bertz CT molecular complexity index is 478. The van der Waals surface area contributed by atoms with Gasteiger partial charge in [-0.05, 0) is 30.0 Å². The van der Waals surface area contributed by atoms with Crippen LogP contribution in [-0.2, 0) is 26.2 Å². The smallest absolute Gasteiger partial charge is 0.330 e. The second-order valence-corrected chi connectivity index (χ2v) is 4.58. The zero-order chi connectivity index (χ0) is 13.9. The van der Waals surface area contributed by atoms with Crippen LogP contribution in [0.5, 0.6) is 0 Å². The first-order chi connectivity index (χ1) is 9.15. The van der Waals surface area contributed by atoms with Crippen molar-refractivity contribution in [2.75, 3.05) is 27.4 Å². The molecule has 1 aromatic rings. The Kier molecular flexibility index (Phi) is 4.17. The molecule has 0 amide bonds. The molecule has 1 aromatic carbocycles. The maximum Gasteiger partial charge on any atom is 0.330 e. The quantitative estimate of drug-likeness (QED) is 0.646. The summed E-state index contributed by atoms with van der Waals surface area (Å²) in [6.07, 6.45) is 1.02. The van der Waals surface area contributed by atoms with E-state index >= 15 is 0 Å². The SMILES string of the molecule is COCCNC1(C(=O)OC)CCc2c(F)cccc21. The number of fused-ring (bicyclic) bond motifs is 1. The lowest BCUT2D eigenvalue weighted by molar-refractivity contribution is -0.149. The van der Waals surface area contributed by atoms with Gasteiger partial charge in [0.05, 0.1) is 13.7 Å². The lowest BCUT2D eigenvalue weighted by atomic mass is 9.91. The van der Waals surface area contributed by atoms with Crippen LogP contribution in [0.15, 0.2) is 18.2 Å². The molecule has 1 aliphatic rings. The molecule has 1 N–H and O–H groups in total. The molecule has 4 nitrogen and oxygen atoms in total. The molecule has 1 atom stereocenters. The van der Waals surface area contributed by atoms with Gasteiger partial charge in [-0.2, -0.15) is 0 Å². The van der Waals surface area contributed by atoms with Crippen LogP contribution in [0.25, 0.3) is 0 Å². The van der Waals surface area contributed by atoms with Gasteiger partial charge in [-0.25, -0.2) is 9.18 Å². The molecule has 5 heteroatoms. The van der Waals surface area contributed by atoms with E-state index in [2.05, 4.69) is 5.32 Å². The van der Waals surface area contributed by atoms with E-state index in [0.717, 1.165) is 0 Å². The molecule has 0 radical (unpaired) electrons. The molecule has 1 unspecified atom stereocenters. The maximum atomic E-state index is 13.8. The zero-order valence-electron chi connectivity index (χ0n) is 11.2. The highest BCUT2D eigenvalue weighted by Crippen LogP contribution is 2.38. The topological polar surface area (TPSA) is 47.6 Å². The van der Waals surface area contributed by atoms with Gasteiger partial charge in [-0.15, -0.1) is 0 Å². The Labute approximate surface area is 111 Å². The van der Waals surface area contributed by atoms with E-state index < -0.39 is 5.54 Å². The van der Waals surface area contributed by atoms with Gasteiger partial charge < -0.3 is 9.47 Å². The highest BCUT2D eigenvalue weighted by molar-refractivity contribution is 5.84. The number of carbonyl (C=O) groups excluding carboxylic acids is 1. The average Bonchev–Trinajstić information content (AvgIpc) is 2.80. The number of methoxy groups -OCH3 is 2. The number of rotatable bonds is 5. The average molecular weight is 267 g/mol. The van der Waals surface area contributed by atoms with Crippen molar-refractivity contribution in [3.8, 4) is 0 Å². The normalized spacial score (nSPS) is 21.2. The van der Waals surface area contributed by atoms with Crippen molar-refractivity contribution in [3.63, 3.8) is 0 Å². The van der Waals surface area contributed by atoms with Gasteiger partial charge in [0, 0.05) is 13.7 Å². The lowest BCUT2D eigenvalue weighted by Crippen LogP contribution is -2.49. The zero-order valence-corrected chi connectivity index (χ0v) is 11.2. The third-order valence-corrected chi connectivity index (χ3v) is 3.60. The summed E-state index contributed by atoms with van der Waals surface area (Å²) in [6, 6.07) is 4.82. The first-order valence-electron chi connectivity index (χ1n) is 6.26. The fraction of sp³-hybridized carbons (Fsp3) is 0.500. The van der Waals surface area contributed by atoms with Crippen LogP contribution >= 0.6 is 0 Å². The molecular formula is C14H18FNO3. The van der Waals surface area contributed by atoms with Gasteiger partial charge in [-0.3, -0.25) is 5.32 Å². The molecule has 0 aliphatic heterocycles. The highest BCUT2D eigenvalue weighted by atomic mass is 19.1. The van der Waals surface area contributed by atoms with E-state index in [4.69, 9.17) is 9.47 Å². The summed E-state index contributed by atoms with van der Waals surface area (Å²) in [5, 5.41) is 3.16. The molecular weight excluding hydrogens is 249 g/mol. The second-order valence-electron chi connectivity index (χ2n) is 4.58. The number of benzene rings is 1. The third kappa shape index (κ3) is 2.35. The number of ether oxygens (including phenoxy) is 2. The standard InChI is InChI=1S/C14H18FNO3/c1-18-9-8-16-14(13(17)19-2)7-6-10-11(14)4-3-5-12(10)15/h3-5,16H,6-9H2,1-2H3. The van der Waals surface area contributed by atoms with Crippen LogP contribution in [0, 0.1) is 5.82 Å². The van der Waals surface area contributed by atoms with Crippen LogP contribution in [0.1, 0.15) is 17.5 Å². The molecule has 0 spiro atoms. The first-order valence-corrected chi connectivity index (χ1v) is 6.26. The van der Waals surface area contributed by atoms with Gasteiger partial charge in [0.15, 0.2) is 0 Å². The van der Waals surface area contributed by atoms with Gasteiger partial charge >= 0.3 is 5.97 Å². The van der Waals surface area contributed by atoms with Crippen LogP contribution in [0.2, 0.25) is 0 Å². The number of halogens is 1. The molecule has 0 saturated heterocycles. The predicted octanol–water partition coefficient (Wildman–Crippen LogP) is 1.38. The summed E-state index contributed by atoms with van der Waals surface area (Å²) in [6.45, 7) is 0.977. The van der Waals surface area contributed by atoms with Crippen molar-refractivity contribution in [2.24, 2.45) is 0 Å². The van der Waals surface area contributed by atoms with Gasteiger partial charge in [0.25, 0.3) is 0 Å². The first kappa shape index (κ1) is 14.0. The minimum atomic E-state index is -0.954. The Morgan fingerprint density at radius 1 is 1.47 bits per heavy atom. The summed E-state index contributed by atoms with van der Waals surface area (Å²) >= 11 is 0. The summed E-state index contributed by atoms with van der Waals surface area (Å²) in [4.78, 5) is 12.2. The van der Waals surface area contributed by atoms with E-state index in [9.17, 15) is 9.18 Å². The van der Waals surface area contributed by atoms with E-state index in [0.29, 0.717) is 37.1 Å². The highest BCUT2D eigenvalue weighted by Gasteiger charge is 2.46. The van der Waals surface area contributed by atoms with Crippen molar-refractivity contribution in [2.45, 2.75) is 18.4 Å². The minimum Gasteiger partial charge on any atom is -0.467 e. The molecule has 0 aromatic heterocycles. The molecule has 0 bridgehead atoms. The van der Waals surface area contributed by atoms with Gasteiger partial charge in [0.2, 0.25) is 0 Å². The Morgan fingerprint density at radius 2 is 2.26 bits per heavy atom. The summed E-state index contributed by atoms with van der Waals surface area (Å²) in [5.41, 5.74) is 0.318. The number of hydrogen-bond acceptors (Lipinski definition) is 4. The van der Waals surface area contributed by atoms with E-state index in [-0.39, 0.29) is 11.8 Å². The van der Waals surface area contributed by atoms with Crippen LogP contribution in [0.3, 0.4) is 0 Å². The van der Waals surface area contributed by atoms with Crippen molar-refractivity contribution in [1.82, 2.24) is 5.32 Å². The van der Waals surface area contributed by atoms with Gasteiger partial charge in [-0.1, -0.05) is 12.1 Å². The molecule has 0 heterocycles. The van der Waals surface area contributed by atoms with Crippen molar-refractivity contribution >= 4 is 5.97 Å². The fourth-order valence-corrected chi connectivity index (χ4v) is 2.67. The Hall–Kier alpha value is -1.46. The summed E-state index contributed by atoms with van der Waals surface area (Å²) < 4.78 is 23.7. The largest absolute Gasteiger partial charge is 0.467 e. The number of esters is 1. The van der Waals surface area contributed by atoms with Crippen LogP contribution < -0.4 is 5.32 Å². The number of nitrogens with one attached hydrogen (secondary N) is 1. The van der Waals surface area contributed by atoms with E-state index in [1.807, 2.05) is 0 Å². The van der Waals surface area contributed by atoms with Crippen LogP contribution in [-0.4, -0.2) is 33.3 Å². The Balaban J connectivity index is 2.37. The minimum absolute atomic E-state index is 0.267. The fourth-order valence-electron chi connectivity index (χ4n) is 2.67. The van der Waals surface area contributed by atoms with Crippen molar-refractivity contribution in [1.29, 1.82) is 0 Å². The number of hydrogen-bond donors (Lipinski definition) is 1. The monoisotopic (exact) mass is 267 g/mol. The van der Waals surface area contributed by atoms with Crippen molar-refractivity contribution in [3.05, 3.63) is 35.1 Å². The summed E-state index contributed by atoms with van der Waals surface area (Å²) in [7, 11) is 2.94. The molecule has 2 rings (SSSR count). The Morgan fingerprint density at radius 3 is 2.95 bits per heavy atom. The van der Waals surface area contributed by atoms with E-state index in [1.54, 1.807) is 19.2 Å². The molecule has 0 saturated carbocycles. The second kappa shape index (κ2) is 5.67. The van der Waals surface area contributed by atoms with Crippen LogP contribution in [0.4, 0.5) is 4.39 Å². The molecule has 19 heavy (non-hydrogen) atoms. The predicted molar refractivity (Wildman–Crippen MR) is 68.3 cm³/mol. The lowest BCUT2D eigenvalue weighted by Gasteiger charge is -2.28. The molecule has 1 aliphatic carbocycles. The molecule has 0 fully saturated rings. The van der Waals surface area contributed by atoms with Crippen molar-refractivity contribution < 1.29 is 18.7 Å². The maximum absolute atomic E-state index is 13.8. The number of carbonyl (C=O) groups is 1. The summed E-state index contributed by atoms with van der Waals surface area (Å²) in [5.74, 6) is -0.648.